The van der Waals surface area contributed by atoms with E-state index in [1.807, 2.05) is 12.1 Å². The van der Waals surface area contributed by atoms with Gasteiger partial charge in [0.05, 0.1) is 18.4 Å². The van der Waals surface area contributed by atoms with Crippen LogP contribution in [-0.2, 0) is 13.0 Å². The van der Waals surface area contributed by atoms with Gasteiger partial charge in [-0.25, -0.2) is 4.79 Å². The molecule has 0 aliphatic carbocycles. The molecule has 0 saturated heterocycles. The minimum Gasteiger partial charge on any atom is -0.493 e. The lowest BCUT2D eigenvalue weighted by atomic mass is 10.1. The highest BCUT2D eigenvalue weighted by Gasteiger charge is 2.16. The van der Waals surface area contributed by atoms with E-state index in [0.29, 0.717) is 23.8 Å². The number of hydrogen-bond donors (Lipinski definition) is 1. The van der Waals surface area contributed by atoms with Crippen molar-refractivity contribution in [1.29, 1.82) is 0 Å². The van der Waals surface area contributed by atoms with Crippen molar-refractivity contribution in [1.82, 2.24) is 9.55 Å². The van der Waals surface area contributed by atoms with Crippen molar-refractivity contribution < 1.29 is 19.3 Å². The summed E-state index contributed by atoms with van der Waals surface area (Å²) in [7, 11) is 1.51. The summed E-state index contributed by atoms with van der Waals surface area (Å²) < 4.78 is 18.1. The molecule has 0 aliphatic rings. The Labute approximate surface area is 181 Å². The molecule has 0 saturated carbocycles. The van der Waals surface area contributed by atoms with E-state index >= 15 is 0 Å². The number of methoxy groups -OCH3 is 1. The van der Waals surface area contributed by atoms with Gasteiger partial charge in [-0.3, -0.25) is 4.57 Å². The lowest BCUT2D eigenvalue weighted by molar-refractivity contribution is 0.0276. The summed E-state index contributed by atoms with van der Waals surface area (Å²) in [6.07, 6.45) is 2.59. The molecule has 31 heavy (non-hydrogen) atoms. The molecule has 0 spiro atoms. The summed E-state index contributed by atoms with van der Waals surface area (Å²) in [4.78, 5) is 16.6. The number of hydrogen-bond acceptors (Lipinski definition) is 6. The van der Waals surface area contributed by atoms with Crippen molar-refractivity contribution in [2.45, 2.75) is 39.4 Å². The lowest BCUT2D eigenvalue weighted by Crippen LogP contribution is -2.28. The molecule has 3 aromatic rings. The minimum atomic E-state index is -0.974. The smallest absolute Gasteiger partial charge is 0.355 e. The molecule has 3 rings (SSSR count). The Morgan fingerprint density at radius 1 is 1.00 bits per heavy atom. The molecule has 1 heterocycles. The van der Waals surface area contributed by atoms with Crippen LogP contribution in [0.15, 0.2) is 59.5 Å². The van der Waals surface area contributed by atoms with Gasteiger partial charge in [-0.05, 0) is 43.5 Å². The van der Waals surface area contributed by atoms with Crippen LogP contribution in [0, 0.1) is 0 Å². The first-order valence-electron chi connectivity index (χ1n) is 10.1. The number of aryl methyl sites for hydroxylation is 1. The number of nitrogens with zero attached hydrogens (tertiary/aromatic N) is 2. The average molecular weight is 424 g/mol. The minimum absolute atomic E-state index is 0.109. The van der Waals surface area contributed by atoms with E-state index < -0.39 is 11.3 Å². The molecule has 0 fully saturated rings. The van der Waals surface area contributed by atoms with Crippen LogP contribution in [0.2, 0.25) is 0 Å². The zero-order valence-electron chi connectivity index (χ0n) is 18.3. The summed E-state index contributed by atoms with van der Waals surface area (Å²) in [5.74, 6) is 1.19. The first-order chi connectivity index (χ1) is 14.8. The van der Waals surface area contributed by atoms with Gasteiger partial charge in [-0.15, -0.1) is 0 Å². The van der Waals surface area contributed by atoms with E-state index in [9.17, 15) is 9.90 Å². The maximum absolute atomic E-state index is 12.5. The van der Waals surface area contributed by atoms with Gasteiger partial charge in [-0.2, -0.15) is 4.98 Å². The highest BCUT2D eigenvalue weighted by atomic mass is 16.5. The summed E-state index contributed by atoms with van der Waals surface area (Å²) >= 11 is 0. The fourth-order valence-electron chi connectivity index (χ4n) is 2.87. The molecule has 2 aromatic carbocycles. The number of ether oxygens (including phenoxy) is 3. The Morgan fingerprint density at radius 2 is 1.71 bits per heavy atom. The van der Waals surface area contributed by atoms with Crippen molar-refractivity contribution in [3.05, 3.63) is 76.3 Å². The van der Waals surface area contributed by atoms with Crippen LogP contribution in [0.1, 0.15) is 31.9 Å². The lowest BCUT2D eigenvalue weighted by Gasteiger charge is -2.19. The molecular weight excluding hydrogens is 396 g/mol. The van der Waals surface area contributed by atoms with Gasteiger partial charge in [0.25, 0.3) is 0 Å². The average Bonchev–Trinajstić information content (AvgIpc) is 2.76. The molecule has 7 heteroatoms. The zero-order chi connectivity index (χ0) is 22.4. The number of benzene rings is 2. The maximum atomic E-state index is 12.5. The van der Waals surface area contributed by atoms with E-state index in [4.69, 9.17) is 14.2 Å². The second-order valence-corrected chi connectivity index (χ2v) is 7.81. The molecule has 0 radical (unpaired) electrons. The second kappa shape index (κ2) is 9.66. The van der Waals surface area contributed by atoms with Gasteiger partial charge in [0.1, 0.15) is 13.2 Å². The van der Waals surface area contributed by atoms with E-state index in [0.717, 1.165) is 12.0 Å². The number of aliphatic hydroxyl groups is 1. The van der Waals surface area contributed by atoms with E-state index in [1.54, 1.807) is 44.3 Å². The van der Waals surface area contributed by atoms with Crippen molar-refractivity contribution in [2.75, 3.05) is 13.7 Å². The highest BCUT2D eigenvalue weighted by Crippen LogP contribution is 2.30. The first-order valence-corrected chi connectivity index (χ1v) is 10.1. The van der Waals surface area contributed by atoms with Gasteiger partial charge in [-0.1, -0.05) is 31.2 Å². The third-order valence-electron chi connectivity index (χ3n) is 4.60. The van der Waals surface area contributed by atoms with Crippen LogP contribution >= 0.6 is 0 Å². The second-order valence-electron chi connectivity index (χ2n) is 7.81. The predicted octanol–water partition coefficient (Wildman–Crippen LogP) is 3.53. The van der Waals surface area contributed by atoms with Crippen molar-refractivity contribution in [3.63, 3.8) is 0 Å². The van der Waals surface area contributed by atoms with Crippen molar-refractivity contribution in [3.8, 4) is 23.1 Å². The predicted molar refractivity (Wildman–Crippen MR) is 118 cm³/mol. The zero-order valence-corrected chi connectivity index (χ0v) is 18.3. The molecule has 7 nitrogen and oxygen atoms in total. The highest BCUT2D eigenvalue weighted by molar-refractivity contribution is 5.49. The standard InChI is InChI=1S/C24H28N2O5/c1-5-17-6-8-18(9-7-17)15-30-22-12-13-26(23(27)25-22)19-10-11-20(21(14-19)29-4)31-16-24(2,3)28/h6-14,28H,5,15-16H2,1-4H3. The topological polar surface area (TPSA) is 82.8 Å². The fourth-order valence-corrected chi connectivity index (χ4v) is 2.87. The largest absolute Gasteiger partial charge is 0.493 e. The summed E-state index contributed by atoms with van der Waals surface area (Å²) in [5.41, 5.74) is 1.40. The first kappa shape index (κ1) is 22.4. The van der Waals surface area contributed by atoms with Crippen LogP contribution in [0.4, 0.5) is 0 Å². The monoisotopic (exact) mass is 424 g/mol. The van der Waals surface area contributed by atoms with Crippen LogP contribution in [-0.4, -0.2) is 34.0 Å². The van der Waals surface area contributed by atoms with E-state index in [2.05, 4.69) is 24.0 Å². The number of aromatic nitrogens is 2. The quantitative estimate of drug-likeness (QED) is 0.566. The Morgan fingerprint density at radius 3 is 2.32 bits per heavy atom. The molecule has 0 aliphatic heterocycles. The molecule has 1 N–H and O–H groups in total. The summed E-state index contributed by atoms with van der Waals surface area (Å²) in [5, 5.41) is 9.85. The van der Waals surface area contributed by atoms with Crippen LogP contribution in [0.25, 0.3) is 5.69 Å². The van der Waals surface area contributed by atoms with Crippen LogP contribution in [0.5, 0.6) is 17.4 Å². The van der Waals surface area contributed by atoms with Gasteiger partial charge in [0.15, 0.2) is 11.5 Å². The Balaban J connectivity index is 1.73. The molecule has 164 valence electrons. The Hall–Kier alpha value is -3.32. The van der Waals surface area contributed by atoms with Crippen LogP contribution in [0.3, 0.4) is 0 Å². The third kappa shape index (κ3) is 6.08. The van der Waals surface area contributed by atoms with Gasteiger partial charge in [0.2, 0.25) is 5.88 Å². The van der Waals surface area contributed by atoms with Gasteiger partial charge in [0, 0.05) is 18.3 Å². The normalized spacial score (nSPS) is 11.3. The van der Waals surface area contributed by atoms with Crippen molar-refractivity contribution in [2.24, 2.45) is 0 Å². The van der Waals surface area contributed by atoms with Crippen LogP contribution < -0.4 is 19.9 Å². The van der Waals surface area contributed by atoms with E-state index in [1.165, 1.54) is 17.2 Å². The molecule has 0 atom stereocenters. The SMILES string of the molecule is CCc1ccc(COc2ccn(-c3ccc(OCC(C)(C)O)c(OC)c3)c(=O)n2)cc1. The number of rotatable bonds is 9. The fraction of sp³-hybridized carbons (Fsp3) is 0.333. The molecular formula is C24H28N2O5. The summed E-state index contributed by atoms with van der Waals surface area (Å²) in [6.45, 7) is 5.86. The maximum Gasteiger partial charge on any atom is 0.355 e. The Bertz CT molecular complexity index is 1070. The van der Waals surface area contributed by atoms with E-state index in [-0.39, 0.29) is 12.5 Å². The molecule has 0 unspecified atom stereocenters. The van der Waals surface area contributed by atoms with Gasteiger partial charge < -0.3 is 19.3 Å². The van der Waals surface area contributed by atoms with Gasteiger partial charge >= 0.3 is 5.69 Å². The molecule has 0 bridgehead atoms. The van der Waals surface area contributed by atoms with Crippen molar-refractivity contribution >= 4 is 0 Å². The Kier molecular flexibility index (Phi) is 6.97. The third-order valence-corrected chi connectivity index (χ3v) is 4.60. The molecule has 1 aromatic heterocycles. The summed E-state index contributed by atoms with van der Waals surface area (Å²) in [6, 6.07) is 14.9. The molecule has 0 amide bonds.